The van der Waals surface area contributed by atoms with Crippen molar-refractivity contribution in [2.24, 2.45) is 0 Å². The Morgan fingerprint density at radius 3 is 2.59 bits per heavy atom. The third-order valence-corrected chi connectivity index (χ3v) is 7.91. The van der Waals surface area contributed by atoms with Gasteiger partial charge in [-0.05, 0) is 67.3 Å². The number of aromatic nitrogens is 1. The molecule has 0 radical (unpaired) electrons. The Hall–Kier alpha value is -4.43. The van der Waals surface area contributed by atoms with Crippen LogP contribution in [0.3, 0.4) is 0 Å². The van der Waals surface area contributed by atoms with Crippen molar-refractivity contribution in [3.63, 3.8) is 0 Å². The summed E-state index contributed by atoms with van der Waals surface area (Å²) in [7, 11) is 0. The zero-order valence-electron chi connectivity index (χ0n) is 23.3. The quantitative estimate of drug-likeness (QED) is 0.0711. The van der Waals surface area contributed by atoms with Gasteiger partial charge in [-0.1, -0.05) is 67.7 Å². The van der Waals surface area contributed by atoms with Crippen LogP contribution in [-0.4, -0.2) is 35.0 Å². The molecule has 1 aliphatic heterocycles. The fourth-order valence-corrected chi connectivity index (χ4v) is 6.10. The number of amides is 1. The average molecular weight is 569 g/mol. The molecule has 41 heavy (non-hydrogen) atoms. The molecule has 1 fully saturated rings. The van der Waals surface area contributed by atoms with Gasteiger partial charge in [0.2, 0.25) is 0 Å². The lowest BCUT2D eigenvalue weighted by Gasteiger charge is -2.23. The molecule has 7 nitrogen and oxygen atoms in total. The van der Waals surface area contributed by atoms with E-state index in [1.54, 1.807) is 54.6 Å². The van der Waals surface area contributed by atoms with Gasteiger partial charge in [-0.2, -0.15) is 0 Å². The number of anilines is 1. The van der Waals surface area contributed by atoms with Gasteiger partial charge >= 0.3 is 5.91 Å². The topological polar surface area (TPSA) is 89.0 Å². The maximum atomic E-state index is 13.7. The lowest BCUT2D eigenvalue weighted by atomic mass is 9.95. The summed E-state index contributed by atoms with van der Waals surface area (Å²) in [6.07, 6.45) is 3.54. The molecule has 210 valence electrons. The molecule has 0 bridgehead atoms. The Bertz CT molecular complexity index is 1650. The lowest BCUT2D eigenvalue weighted by molar-refractivity contribution is -0.132. The molecule has 5 rings (SSSR count). The van der Waals surface area contributed by atoms with Crippen LogP contribution < -0.4 is 14.4 Å². The molecule has 4 aromatic rings. The maximum absolute atomic E-state index is 13.7. The van der Waals surface area contributed by atoms with Gasteiger partial charge in [-0.3, -0.25) is 14.5 Å². The molecule has 3 aromatic carbocycles. The molecule has 1 saturated heterocycles. The van der Waals surface area contributed by atoms with E-state index in [1.807, 2.05) is 26.0 Å². The van der Waals surface area contributed by atoms with Crippen molar-refractivity contribution in [3.8, 4) is 11.5 Å². The summed E-state index contributed by atoms with van der Waals surface area (Å²) in [6, 6.07) is 17.2. The zero-order chi connectivity index (χ0) is 29.1. The number of aliphatic hydroxyl groups excluding tert-OH is 1. The fraction of sp³-hybridized carbons (Fsp3) is 0.242. The molecular formula is C33H32N2O5S. The monoisotopic (exact) mass is 568 g/mol. The first-order valence-corrected chi connectivity index (χ1v) is 14.4. The number of fused-ring (bicyclic) bond motifs is 1. The summed E-state index contributed by atoms with van der Waals surface area (Å²) in [5.74, 6) is -0.587. The minimum atomic E-state index is -0.893. The third kappa shape index (κ3) is 5.60. The number of hydrogen-bond donors (Lipinski definition) is 1. The van der Waals surface area contributed by atoms with Crippen molar-refractivity contribution >= 4 is 44.1 Å². The van der Waals surface area contributed by atoms with Crippen LogP contribution in [0.25, 0.3) is 16.0 Å². The summed E-state index contributed by atoms with van der Waals surface area (Å²) >= 11 is 1.35. The maximum Gasteiger partial charge on any atom is 0.301 e. The number of carbonyl (C=O) groups excluding carboxylic acids is 2. The van der Waals surface area contributed by atoms with Gasteiger partial charge in [-0.15, -0.1) is 0 Å². The van der Waals surface area contributed by atoms with Crippen LogP contribution in [0.5, 0.6) is 11.5 Å². The molecule has 1 aliphatic rings. The van der Waals surface area contributed by atoms with E-state index in [0.29, 0.717) is 41.0 Å². The minimum Gasteiger partial charge on any atom is -0.507 e. The van der Waals surface area contributed by atoms with Gasteiger partial charge in [0, 0.05) is 5.56 Å². The molecule has 0 aliphatic carbocycles. The third-order valence-electron chi connectivity index (χ3n) is 6.91. The van der Waals surface area contributed by atoms with Gasteiger partial charge in [0.1, 0.15) is 23.9 Å². The number of unbranched alkanes of at least 4 members (excludes halogenated alkanes) is 1. The molecule has 0 saturated carbocycles. The number of thiazole rings is 1. The Kier molecular flexibility index (Phi) is 8.21. The van der Waals surface area contributed by atoms with Gasteiger partial charge in [-0.25, -0.2) is 4.98 Å². The number of benzene rings is 3. The highest BCUT2D eigenvalue weighted by Gasteiger charge is 2.48. The van der Waals surface area contributed by atoms with Crippen molar-refractivity contribution in [1.82, 2.24) is 4.98 Å². The molecule has 2 heterocycles. The first-order chi connectivity index (χ1) is 19.8. The minimum absolute atomic E-state index is 0.00683. The second-order valence-corrected chi connectivity index (χ2v) is 11.0. The number of aryl methyl sites for hydroxylation is 2. The highest BCUT2D eigenvalue weighted by Crippen LogP contribution is 2.45. The lowest BCUT2D eigenvalue weighted by Crippen LogP contribution is -2.29. The van der Waals surface area contributed by atoms with Gasteiger partial charge in [0.25, 0.3) is 5.78 Å². The summed E-state index contributed by atoms with van der Waals surface area (Å²) in [6.45, 7) is 10.6. The second-order valence-electron chi connectivity index (χ2n) is 9.99. The van der Waals surface area contributed by atoms with Crippen LogP contribution >= 0.6 is 11.3 Å². The summed E-state index contributed by atoms with van der Waals surface area (Å²) in [5.41, 5.74) is 3.87. The molecule has 8 heteroatoms. The van der Waals surface area contributed by atoms with Crippen LogP contribution in [0.15, 0.2) is 78.9 Å². The molecule has 1 aromatic heterocycles. The number of rotatable bonds is 10. The Morgan fingerprint density at radius 2 is 1.85 bits per heavy atom. The van der Waals surface area contributed by atoms with E-state index in [4.69, 9.17) is 14.5 Å². The Labute approximate surface area is 243 Å². The number of Topliss-reactive ketones (excluding diaryl/α,β-unsaturated/α-hetero) is 1. The highest BCUT2D eigenvalue weighted by atomic mass is 32.1. The standard InChI is InChI=1S/C33H32N2O5S/c1-5-7-16-40-25-10-8-9-23(19-25)30(36)27-29(22-11-13-24(14-12-22)39-15-6-2)35(32(38)31(27)37)33-34-28-21(4)17-20(3)18-26(28)41-33/h6,8-14,17-19,29,36H,2,5,7,15-16H2,1,3-4H3/b30-27+. The van der Waals surface area contributed by atoms with Crippen LogP contribution in [-0.2, 0) is 9.59 Å². The van der Waals surface area contributed by atoms with Gasteiger partial charge < -0.3 is 14.6 Å². The van der Waals surface area contributed by atoms with Crippen molar-refractivity contribution in [1.29, 1.82) is 0 Å². The first-order valence-electron chi connectivity index (χ1n) is 13.6. The number of ether oxygens (including phenoxy) is 2. The van der Waals surface area contributed by atoms with E-state index < -0.39 is 17.7 Å². The van der Waals surface area contributed by atoms with E-state index in [9.17, 15) is 14.7 Å². The number of nitrogens with zero attached hydrogens (tertiary/aromatic N) is 2. The van der Waals surface area contributed by atoms with E-state index in [0.717, 1.165) is 34.2 Å². The molecule has 1 N–H and O–H groups in total. The highest BCUT2D eigenvalue weighted by molar-refractivity contribution is 7.22. The van der Waals surface area contributed by atoms with Crippen molar-refractivity contribution in [2.75, 3.05) is 18.1 Å². The smallest absolute Gasteiger partial charge is 0.301 e. The van der Waals surface area contributed by atoms with Crippen LogP contribution in [0.2, 0.25) is 0 Å². The van der Waals surface area contributed by atoms with Crippen LogP contribution in [0.4, 0.5) is 5.13 Å². The Balaban J connectivity index is 1.64. The fourth-order valence-electron chi connectivity index (χ4n) is 4.93. The number of ketones is 1. The van der Waals surface area contributed by atoms with Crippen LogP contribution in [0.1, 0.15) is 48.1 Å². The molecule has 0 spiro atoms. The largest absolute Gasteiger partial charge is 0.507 e. The number of aliphatic hydroxyl groups is 1. The second kappa shape index (κ2) is 12.0. The number of hydrogen-bond acceptors (Lipinski definition) is 7. The molecule has 1 unspecified atom stereocenters. The predicted octanol–water partition coefficient (Wildman–Crippen LogP) is 7.28. The Morgan fingerprint density at radius 1 is 1.07 bits per heavy atom. The van der Waals surface area contributed by atoms with E-state index in [2.05, 4.69) is 13.5 Å². The zero-order valence-corrected chi connectivity index (χ0v) is 24.2. The SMILES string of the molecule is C=CCOc1ccc(C2/C(=C(\O)c3cccc(OCCCC)c3)C(=O)C(=O)N2c2nc3c(C)cc(C)cc3s2)cc1. The first kappa shape index (κ1) is 28.1. The van der Waals surface area contributed by atoms with Gasteiger partial charge in [0.05, 0.1) is 28.4 Å². The van der Waals surface area contributed by atoms with Crippen molar-refractivity contribution in [3.05, 3.63) is 101 Å². The van der Waals surface area contributed by atoms with Crippen molar-refractivity contribution in [2.45, 2.75) is 39.7 Å². The van der Waals surface area contributed by atoms with E-state index in [1.165, 1.54) is 16.2 Å². The average Bonchev–Trinajstić information content (AvgIpc) is 3.50. The summed E-state index contributed by atoms with van der Waals surface area (Å²) < 4.78 is 12.4. The molecule has 1 atom stereocenters. The van der Waals surface area contributed by atoms with Gasteiger partial charge in [0.15, 0.2) is 5.13 Å². The molecule has 1 amide bonds. The van der Waals surface area contributed by atoms with Crippen molar-refractivity contribution < 1.29 is 24.2 Å². The summed E-state index contributed by atoms with van der Waals surface area (Å²) in [4.78, 5) is 33.5. The number of carbonyl (C=O) groups is 2. The predicted molar refractivity (Wildman–Crippen MR) is 163 cm³/mol. The van der Waals surface area contributed by atoms with E-state index in [-0.39, 0.29) is 11.3 Å². The normalized spacial score (nSPS) is 16.4. The van der Waals surface area contributed by atoms with Crippen LogP contribution in [0, 0.1) is 13.8 Å². The summed E-state index contributed by atoms with van der Waals surface area (Å²) in [5, 5.41) is 12.0. The van der Waals surface area contributed by atoms with E-state index >= 15 is 0 Å². The molecular weight excluding hydrogens is 536 g/mol.